The van der Waals surface area contributed by atoms with Gasteiger partial charge in [-0.1, -0.05) is 17.7 Å². The van der Waals surface area contributed by atoms with Gasteiger partial charge in [0.05, 0.1) is 19.3 Å². The third kappa shape index (κ3) is 7.68. The van der Waals surface area contributed by atoms with Crippen molar-refractivity contribution in [1.29, 1.82) is 0 Å². The van der Waals surface area contributed by atoms with Gasteiger partial charge in [-0.2, -0.15) is 0 Å². The maximum absolute atomic E-state index is 11.8. The Kier molecular flexibility index (Phi) is 8.47. The highest BCUT2D eigenvalue weighted by molar-refractivity contribution is 5.76. The van der Waals surface area contributed by atoms with Crippen molar-refractivity contribution in [3.05, 3.63) is 29.8 Å². The first-order valence-corrected chi connectivity index (χ1v) is 7.24. The van der Waals surface area contributed by atoms with Crippen molar-refractivity contribution in [2.75, 3.05) is 26.9 Å². The summed E-state index contributed by atoms with van der Waals surface area (Å²) in [5.74, 6) is 0.775. The smallest absolute Gasteiger partial charge is 0.220 e. The molecule has 5 heteroatoms. The Hall–Kier alpha value is -1.59. The van der Waals surface area contributed by atoms with E-state index in [9.17, 15) is 4.79 Å². The number of hydrogen-bond acceptors (Lipinski definition) is 4. The van der Waals surface area contributed by atoms with E-state index >= 15 is 0 Å². The van der Waals surface area contributed by atoms with Gasteiger partial charge in [0.25, 0.3) is 0 Å². The molecule has 1 rings (SSSR count). The maximum Gasteiger partial charge on any atom is 0.220 e. The summed E-state index contributed by atoms with van der Waals surface area (Å²) in [7, 11) is 1.58. The number of ether oxygens (including phenoxy) is 2. The largest absolute Gasteiger partial charge is 0.494 e. The lowest BCUT2D eigenvalue weighted by atomic mass is 10.2. The lowest BCUT2D eigenvalue weighted by molar-refractivity contribution is -0.122. The van der Waals surface area contributed by atoms with E-state index in [2.05, 4.69) is 5.32 Å². The molecule has 0 heterocycles. The number of benzene rings is 1. The third-order valence-corrected chi connectivity index (χ3v) is 3.05. The molecule has 1 amide bonds. The highest BCUT2D eigenvalue weighted by Gasteiger charge is 2.11. The van der Waals surface area contributed by atoms with Crippen LogP contribution in [0, 0.1) is 6.92 Å². The second-order valence-corrected chi connectivity index (χ2v) is 5.00. The number of nitrogens with one attached hydrogen (secondary N) is 1. The molecule has 0 aromatic heterocycles. The Morgan fingerprint density at radius 1 is 1.33 bits per heavy atom. The van der Waals surface area contributed by atoms with Crippen LogP contribution in [0.2, 0.25) is 0 Å². The number of aliphatic hydroxyl groups excluding tert-OH is 1. The summed E-state index contributed by atoms with van der Waals surface area (Å²) in [5.41, 5.74) is 1.19. The number of carbonyl (C=O) groups excluding carboxylic acids is 1. The first-order valence-electron chi connectivity index (χ1n) is 7.24. The average Bonchev–Trinajstić information content (AvgIpc) is 2.46. The van der Waals surface area contributed by atoms with E-state index in [1.807, 2.05) is 31.2 Å². The molecular formula is C16H25NO4. The molecule has 0 fully saturated rings. The van der Waals surface area contributed by atoms with Crippen LogP contribution in [-0.2, 0) is 9.53 Å². The fraction of sp³-hybridized carbons (Fsp3) is 0.562. The molecule has 118 valence electrons. The van der Waals surface area contributed by atoms with Gasteiger partial charge in [0.15, 0.2) is 0 Å². The van der Waals surface area contributed by atoms with Gasteiger partial charge in [0.2, 0.25) is 5.91 Å². The first-order chi connectivity index (χ1) is 10.2. The van der Waals surface area contributed by atoms with Gasteiger partial charge < -0.3 is 19.9 Å². The lowest BCUT2D eigenvalue weighted by Crippen LogP contribution is -2.38. The molecule has 1 aromatic carbocycles. The summed E-state index contributed by atoms with van der Waals surface area (Å²) < 4.78 is 10.6. The topological polar surface area (TPSA) is 67.8 Å². The zero-order valence-electron chi connectivity index (χ0n) is 12.8. The molecule has 0 saturated heterocycles. The third-order valence-electron chi connectivity index (χ3n) is 3.05. The molecule has 0 aliphatic carbocycles. The normalized spacial score (nSPS) is 12.0. The van der Waals surface area contributed by atoms with Crippen LogP contribution in [0.1, 0.15) is 24.8 Å². The second-order valence-electron chi connectivity index (χ2n) is 5.00. The van der Waals surface area contributed by atoms with Crippen LogP contribution in [0.15, 0.2) is 24.3 Å². The maximum atomic E-state index is 11.8. The number of aliphatic hydroxyl groups is 1. The fourth-order valence-corrected chi connectivity index (χ4v) is 1.91. The minimum absolute atomic E-state index is 0.0326. The molecule has 0 radical (unpaired) electrons. The van der Waals surface area contributed by atoms with Gasteiger partial charge in [-0.25, -0.2) is 0 Å². The van der Waals surface area contributed by atoms with Crippen LogP contribution in [0.3, 0.4) is 0 Å². The van der Waals surface area contributed by atoms with Crippen molar-refractivity contribution in [2.45, 2.75) is 32.2 Å². The van der Waals surface area contributed by atoms with Gasteiger partial charge in [0.1, 0.15) is 5.75 Å². The molecule has 2 N–H and O–H groups in total. The van der Waals surface area contributed by atoms with E-state index in [0.29, 0.717) is 32.5 Å². The molecule has 1 unspecified atom stereocenters. The molecule has 0 spiro atoms. The molecule has 0 aliphatic rings. The molecule has 0 aliphatic heterocycles. The van der Waals surface area contributed by atoms with Crippen molar-refractivity contribution in [1.82, 2.24) is 5.32 Å². The van der Waals surface area contributed by atoms with Gasteiger partial charge in [-0.15, -0.1) is 0 Å². The average molecular weight is 295 g/mol. The van der Waals surface area contributed by atoms with Crippen molar-refractivity contribution < 1.29 is 19.4 Å². The minimum atomic E-state index is -0.134. The van der Waals surface area contributed by atoms with E-state index in [1.54, 1.807) is 7.11 Å². The summed E-state index contributed by atoms with van der Waals surface area (Å²) in [4.78, 5) is 11.8. The van der Waals surface area contributed by atoms with Crippen LogP contribution in [-0.4, -0.2) is 44.0 Å². The predicted octanol–water partition coefficient (Wildman–Crippen LogP) is 1.67. The minimum Gasteiger partial charge on any atom is -0.494 e. The number of aryl methyl sites for hydroxylation is 1. The van der Waals surface area contributed by atoms with Crippen LogP contribution >= 0.6 is 0 Å². The molecule has 1 aromatic rings. The second kappa shape index (κ2) is 10.2. The number of methoxy groups -OCH3 is 1. The summed E-state index contributed by atoms with van der Waals surface area (Å²) in [6.45, 7) is 2.97. The van der Waals surface area contributed by atoms with Crippen LogP contribution < -0.4 is 10.1 Å². The molecule has 5 nitrogen and oxygen atoms in total. The first kappa shape index (κ1) is 17.5. The fourth-order valence-electron chi connectivity index (χ4n) is 1.91. The highest BCUT2D eigenvalue weighted by atomic mass is 16.5. The Balaban J connectivity index is 2.19. The van der Waals surface area contributed by atoms with Crippen molar-refractivity contribution in [3.8, 4) is 5.75 Å². The lowest BCUT2D eigenvalue weighted by Gasteiger charge is -2.16. The zero-order chi connectivity index (χ0) is 15.5. The van der Waals surface area contributed by atoms with Crippen LogP contribution in [0.4, 0.5) is 0 Å². The summed E-state index contributed by atoms with van der Waals surface area (Å²) in [5, 5.41) is 11.8. The molecule has 1 atom stereocenters. The zero-order valence-corrected chi connectivity index (χ0v) is 12.8. The van der Waals surface area contributed by atoms with Crippen molar-refractivity contribution >= 4 is 5.91 Å². The highest BCUT2D eigenvalue weighted by Crippen LogP contribution is 2.11. The Bertz CT molecular complexity index is 399. The van der Waals surface area contributed by atoms with Crippen LogP contribution in [0.25, 0.3) is 0 Å². The SMILES string of the molecule is COCC(CCO)NC(=O)CCCOc1ccc(C)cc1. The molecule has 0 bridgehead atoms. The van der Waals surface area contributed by atoms with Gasteiger partial charge >= 0.3 is 0 Å². The van der Waals surface area contributed by atoms with Gasteiger partial charge in [-0.3, -0.25) is 4.79 Å². The molecule has 0 saturated carbocycles. The number of rotatable bonds is 10. The number of hydrogen-bond donors (Lipinski definition) is 2. The summed E-state index contributed by atoms with van der Waals surface area (Å²) >= 11 is 0. The van der Waals surface area contributed by atoms with Crippen molar-refractivity contribution in [3.63, 3.8) is 0 Å². The van der Waals surface area contributed by atoms with Gasteiger partial charge in [-0.05, 0) is 31.9 Å². The van der Waals surface area contributed by atoms with E-state index in [0.717, 1.165) is 5.75 Å². The molecular weight excluding hydrogens is 270 g/mol. The van der Waals surface area contributed by atoms with Crippen LogP contribution in [0.5, 0.6) is 5.75 Å². The number of amides is 1. The monoisotopic (exact) mass is 295 g/mol. The van der Waals surface area contributed by atoms with Gasteiger partial charge in [0, 0.05) is 20.1 Å². The number of carbonyl (C=O) groups is 1. The molecule has 21 heavy (non-hydrogen) atoms. The van der Waals surface area contributed by atoms with Crippen molar-refractivity contribution in [2.24, 2.45) is 0 Å². The van der Waals surface area contributed by atoms with E-state index < -0.39 is 0 Å². The Morgan fingerprint density at radius 2 is 2.05 bits per heavy atom. The van der Waals surface area contributed by atoms with E-state index in [1.165, 1.54) is 5.56 Å². The summed E-state index contributed by atoms with van der Waals surface area (Å²) in [6, 6.07) is 7.69. The quantitative estimate of drug-likeness (QED) is 0.644. The Morgan fingerprint density at radius 3 is 2.67 bits per heavy atom. The summed E-state index contributed by atoms with van der Waals surface area (Å²) in [6.07, 6.45) is 1.55. The van der Waals surface area contributed by atoms with E-state index in [4.69, 9.17) is 14.6 Å². The Labute approximate surface area is 126 Å². The van der Waals surface area contributed by atoms with E-state index in [-0.39, 0.29) is 18.6 Å². The predicted molar refractivity (Wildman–Crippen MR) is 81.4 cm³/mol. The standard InChI is InChI=1S/C16H25NO4/c1-13-5-7-15(8-6-13)21-11-3-4-16(19)17-14(9-10-18)12-20-2/h5-8,14,18H,3-4,9-12H2,1-2H3,(H,17,19).